The van der Waals surface area contributed by atoms with Gasteiger partial charge in [0.25, 0.3) is 5.91 Å². The van der Waals surface area contributed by atoms with E-state index in [2.05, 4.69) is 20.7 Å². The lowest BCUT2D eigenvalue weighted by Gasteiger charge is -2.16. The molecule has 0 spiro atoms. The fourth-order valence-electron chi connectivity index (χ4n) is 1.52. The molecule has 1 rings (SSSR count). The van der Waals surface area contributed by atoms with Gasteiger partial charge in [0.2, 0.25) is 10.0 Å². The van der Waals surface area contributed by atoms with Gasteiger partial charge < -0.3 is 15.2 Å². The van der Waals surface area contributed by atoms with Crippen molar-refractivity contribution in [1.82, 2.24) is 10.0 Å². The van der Waals surface area contributed by atoms with Crippen LogP contribution >= 0.6 is 15.9 Å². The number of hydrogen-bond acceptors (Lipinski definition) is 6. The number of aliphatic hydroxyl groups excluding tert-OH is 1. The third-order valence-electron chi connectivity index (χ3n) is 2.72. The molecule has 146 valence electrons. The largest absolute Gasteiger partial charge is 0.454 e. The Kier molecular flexibility index (Phi) is 7.99. The van der Waals surface area contributed by atoms with Gasteiger partial charge in [0.1, 0.15) is 12.6 Å². The van der Waals surface area contributed by atoms with Gasteiger partial charge in [-0.15, -0.1) is 0 Å². The molecule has 8 nitrogen and oxygen atoms in total. The van der Waals surface area contributed by atoms with Crippen molar-refractivity contribution >= 4 is 37.8 Å². The highest BCUT2D eigenvalue weighted by Gasteiger charge is 2.29. The zero-order valence-electron chi connectivity index (χ0n) is 12.9. The first-order chi connectivity index (χ1) is 11.9. The summed E-state index contributed by atoms with van der Waals surface area (Å²) >= 11 is 3.12. The Morgan fingerprint density at radius 2 is 1.81 bits per heavy atom. The van der Waals surface area contributed by atoms with Crippen molar-refractivity contribution < 1.29 is 41.0 Å². The van der Waals surface area contributed by atoms with Gasteiger partial charge in [-0.2, -0.15) is 17.9 Å². The van der Waals surface area contributed by atoms with E-state index in [-0.39, 0.29) is 4.90 Å². The number of rotatable bonds is 8. The Morgan fingerprint density at radius 1 is 1.23 bits per heavy atom. The number of esters is 1. The molecule has 3 N–H and O–H groups in total. The molecule has 0 aliphatic heterocycles. The van der Waals surface area contributed by atoms with Gasteiger partial charge in [-0.25, -0.2) is 8.42 Å². The minimum absolute atomic E-state index is 0.199. The second-order valence-corrected chi connectivity index (χ2v) is 7.44. The standard InChI is InChI=1S/C13H14BrF3N2O6S/c14-8-1-3-9(4-2-8)26(23,24)19-10(5-20)12(22)25-6-11(21)18-7-13(15,16)17/h1-4,10,19-20H,5-7H2,(H,18,21). The van der Waals surface area contributed by atoms with Crippen molar-refractivity contribution in [2.24, 2.45) is 0 Å². The van der Waals surface area contributed by atoms with Gasteiger partial charge in [-0.3, -0.25) is 9.59 Å². The van der Waals surface area contributed by atoms with E-state index in [0.29, 0.717) is 4.47 Å². The van der Waals surface area contributed by atoms with Crippen LogP contribution in [0.2, 0.25) is 0 Å². The molecule has 0 aromatic heterocycles. The molecule has 0 heterocycles. The number of carbonyl (C=O) groups is 2. The number of benzene rings is 1. The molecule has 0 saturated carbocycles. The summed E-state index contributed by atoms with van der Waals surface area (Å²) in [5, 5.41) is 10.6. The zero-order valence-corrected chi connectivity index (χ0v) is 15.3. The summed E-state index contributed by atoms with van der Waals surface area (Å²) in [6.07, 6.45) is -4.63. The molecule has 1 unspecified atom stereocenters. The van der Waals surface area contributed by atoms with E-state index in [1.165, 1.54) is 29.6 Å². The molecular weight excluding hydrogens is 449 g/mol. The summed E-state index contributed by atoms with van der Waals surface area (Å²) in [5.74, 6) is -2.56. The molecule has 1 amide bonds. The SMILES string of the molecule is O=C(COC(=O)C(CO)NS(=O)(=O)c1ccc(Br)cc1)NCC(F)(F)F. The number of hydrogen-bond donors (Lipinski definition) is 3. The van der Waals surface area contributed by atoms with Gasteiger partial charge in [0.05, 0.1) is 11.5 Å². The molecule has 1 aromatic carbocycles. The minimum Gasteiger partial charge on any atom is -0.454 e. The van der Waals surface area contributed by atoms with E-state index >= 15 is 0 Å². The van der Waals surface area contributed by atoms with E-state index in [1.807, 2.05) is 4.72 Å². The molecule has 0 bridgehead atoms. The lowest BCUT2D eigenvalue weighted by molar-refractivity contribution is -0.153. The van der Waals surface area contributed by atoms with Crippen molar-refractivity contribution in [2.45, 2.75) is 17.1 Å². The maximum atomic E-state index is 12.1. The quantitative estimate of drug-likeness (QED) is 0.478. The summed E-state index contributed by atoms with van der Waals surface area (Å²) in [5.41, 5.74) is 0. The van der Waals surface area contributed by atoms with E-state index in [9.17, 15) is 31.2 Å². The molecule has 0 radical (unpaired) electrons. The number of sulfonamides is 1. The molecule has 0 saturated heterocycles. The topological polar surface area (TPSA) is 122 Å². The number of amides is 1. The highest BCUT2D eigenvalue weighted by atomic mass is 79.9. The van der Waals surface area contributed by atoms with Crippen molar-refractivity contribution in [3.05, 3.63) is 28.7 Å². The van der Waals surface area contributed by atoms with Crippen LogP contribution in [0.4, 0.5) is 13.2 Å². The summed E-state index contributed by atoms with van der Waals surface area (Å²) in [4.78, 5) is 22.7. The van der Waals surface area contributed by atoms with E-state index in [0.717, 1.165) is 0 Å². The Morgan fingerprint density at radius 3 is 2.31 bits per heavy atom. The van der Waals surface area contributed by atoms with Crippen LogP contribution in [0.3, 0.4) is 0 Å². The predicted octanol–water partition coefficient (Wildman–Crippen LogP) is 0.310. The average Bonchev–Trinajstić information content (AvgIpc) is 2.55. The molecule has 1 atom stereocenters. The smallest absolute Gasteiger partial charge is 0.405 e. The molecule has 26 heavy (non-hydrogen) atoms. The highest BCUT2D eigenvalue weighted by molar-refractivity contribution is 9.10. The van der Waals surface area contributed by atoms with Crippen molar-refractivity contribution in [2.75, 3.05) is 19.8 Å². The Hall–Kier alpha value is -1.70. The van der Waals surface area contributed by atoms with Gasteiger partial charge in [0.15, 0.2) is 6.61 Å². The third kappa shape index (κ3) is 7.68. The molecule has 0 aliphatic rings. The summed E-state index contributed by atoms with van der Waals surface area (Å²) in [6.45, 7) is -3.66. The fourth-order valence-corrected chi connectivity index (χ4v) is 2.96. The lowest BCUT2D eigenvalue weighted by atomic mass is 10.3. The maximum Gasteiger partial charge on any atom is 0.405 e. The molecular formula is C13H14BrF3N2O6S. The highest BCUT2D eigenvalue weighted by Crippen LogP contribution is 2.15. The number of nitrogens with one attached hydrogen (secondary N) is 2. The summed E-state index contributed by atoms with van der Waals surface area (Å²) < 4.78 is 66.9. The zero-order chi connectivity index (χ0) is 20.0. The Labute approximate surface area is 154 Å². The first-order valence-corrected chi connectivity index (χ1v) is 9.11. The van der Waals surface area contributed by atoms with Crippen molar-refractivity contribution in [1.29, 1.82) is 0 Å². The summed E-state index contributed by atoms with van der Waals surface area (Å²) in [6, 6.07) is 3.60. The predicted molar refractivity (Wildman–Crippen MR) is 85.4 cm³/mol. The van der Waals surface area contributed by atoms with Crippen LogP contribution in [0, 0.1) is 0 Å². The first kappa shape index (κ1) is 22.3. The van der Waals surface area contributed by atoms with Gasteiger partial charge in [-0.05, 0) is 24.3 Å². The second-order valence-electron chi connectivity index (χ2n) is 4.81. The number of aliphatic hydroxyl groups is 1. The third-order valence-corrected chi connectivity index (χ3v) is 4.74. The van der Waals surface area contributed by atoms with E-state index < -0.39 is 53.9 Å². The molecule has 0 fully saturated rings. The van der Waals surface area contributed by atoms with E-state index in [1.54, 1.807) is 0 Å². The van der Waals surface area contributed by atoms with Gasteiger partial charge in [0, 0.05) is 4.47 Å². The van der Waals surface area contributed by atoms with Crippen LogP contribution in [-0.4, -0.2) is 57.4 Å². The normalized spacial score (nSPS) is 13.1. The van der Waals surface area contributed by atoms with Crippen molar-refractivity contribution in [3.63, 3.8) is 0 Å². The fraction of sp³-hybridized carbons (Fsp3) is 0.385. The maximum absolute atomic E-state index is 12.1. The molecule has 13 heteroatoms. The van der Waals surface area contributed by atoms with E-state index in [4.69, 9.17) is 5.11 Å². The van der Waals surface area contributed by atoms with Crippen molar-refractivity contribution in [3.8, 4) is 0 Å². The Balaban J connectivity index is 2.63. The second kappa shape index (κ2) is 9.30. The van der Waals surface area contributed by atoms with Gasteiger partial charge >= 0.3 is 12.1 Å². The minimum atomic E-state index is -4.63. The van der Waals surface area contributed by atoms with Crippen LogP contribution < -0.4 is 10.0 Å². The lowest BCUT2D eigenvalue weighted by Crippen LogP contribution is -2.45. The summed E-state index contributed by atoms with van der Waals surface area (Å²) in [7, 11) is -4.18. The molecule has 0 aliphatic carbocycles. The number of alkyl halides is 3. The van der Waals surface area contributed by atoms with Crippen LogP contribution in [0.15, 0.2) is 33.6 Å². The van der Waals surface area contributed by atoms with Crippen LogP contribution in [0.25, 0.3) is 0 Å². The number of carbonyl (C=O) groups excluding carboxylic acids is 2. The van der Waals surface area contributed by atoms with Crippen LogP contribution in [0.1, 0.15) is 0 Å². The number of halogens is 4. The van der Waals surface area contributed by atoms with Crippen LogP contribution in [-0.2, 0) is 24.3 Å². The molecule has 1 aromatic rings. The first-order valence-electron chi connectivity index (χ1n) is 6.83. The van der Waals surface area contributed by atoms with Gasteiger partial charge in [-0.1, -0.05) is 15.9 Å². The monoisotopic (exact) mass is 462 g/mol. The number of ether oxygens (including phenoxy) is 1. The Bertz CT molecular complexity index is 739. The average molecular weight is 463 g/mol. The van der Waals surface area contributed by atoms with Crippen LogP contribution in [0.5, 0.6) is 0 Å².